The Kier molecular flexibility index (Phi) is 14.0. The van der Waals surface area contributed by atoms with Gasteiger partial charge in [0.05, 0.1) is 26.1 Å². The van der Waals surface area contributed by atoms with E-state index in [9.17, 15) is 31.2 Å². The van der Waals surface area contributed by atoms with Gasteiger partial charge >= 0.3 is 0 Å². The Labute approximate surface area is 435 Å². The summed E-state index contributed by atoms with van der Waals surface area (Å²) < 4.78 is 95.0. The number of rotatable bonds is 13. The summed E-state index contributed by atoms with van der Waals surface area (Å²) >= 11 is 3.49. The van der Waals surface area contributed by atoms with E-state index in [1.807, 2.05) is 54.4 Å². The Morgan fingerprint density at radius 1 is 0.568 bits per heavy atom. The van der Waals surface area contributed by atoms with E-state index in [1.54, 1.807) is 92.1 Å². The number of amides is 2. The van der Waals surface area contributed by atoms with E-state index >= 15 is 0 Å². The van der Waals surface area contributed by atoms with Crippen LogP contribution in [0.3, 0.4) is 0 Å². The molecule has 74 heavy (non-hydrogen) atoms. The predicted molar refractivity (Wildman–Crippen MR) is 278 cm³/mol. The number of sulfonamides is 2. The highest BCUT2D eigenvalue weighted by molar-refractivity contribution is 9.10. The van der Waals surface area contributed by atoms with Crippen molar-refractivity contribution in [2.24, 2.45) is 14.1 Å². The van der Waals surface area contributed by atoms with Crippen LogP contribution < -0.4 is 37.9 Å². The number of fused-ring (bicyclic) bond motifs is 4. The van der Waals surface area contributed by atoms with Gasteiger partial charge in [0.2, 0.25) is 25.4 Å². The summed E-state index contributed by atoms with van der Waals surface area (Å²) in [7, 11) is -2.09. The number of hydrogen-bond acceptors (Lipinski definition) is 13. The molecule has 2 unspecified atom stereocenters. The van der Waals surface area contributed by atoms with E-state index in [1.165, 1.54) is 33.3 Å². The summed E-state index contributed by atoms with van der Waals surface area (Å²) in [5, 5.41) is 1.53. The van der Waals surface area contributed by atoms with Gasteiger partial charge in [-0.2, -0.15) is 0 Å². The van der Waals surface area contributed by atoms with Gasteiger partial charge in [0.1, 0.15) is 21.3 Å². The molecular formula is C54H49BrN4O13S2. The zero-order chi connectivity index (χ0) is 52.8. The third-order valence-corrected chi connectivity index (χ3v) is 16.0. The first-order valence-electron chi connectivity index (χ1n) is 22.8. The summed E-state index contributed by atoms with van der Waals surface area (Å²) in [5.41, 5.74) is 6.10. The van der Waals surface area contributed by atoms with E-state index in [0.717, 1.165) is 32.0 Å². The molecule has 0 radical (unpaired) electrons. The Morgan fingerprint density at radius 2 is 1.00 bits per heavy atom. The van der Waals surface area contributed by atoms with E-state index in [0.29, 0.717) is 56.2 Å². The van der Waals surface area contributed by atoms with E-state index < -0.39 is 43.7 Å². The molecule has 8 aromatic rings. The minimum absolute atomic E-state index is 0.0549. The number of halogens is 1. The van der Waals surface area contributed by atoms with Crippen molar-refractivity contribution in [1.29, 1.82) is 0 Å². The Balaban J connectivity index is 0.000000182. The van der Waals surface area contributed by atoms with Gasteiger partial charge in [0.15, 0.2) is 28.8 Å². The van der Waals surface area contributed by atoms with Gasteiger partial charge < -0.3 is 37.6 Å². The van der Waals surface area contributed by atoms with Gasteiger partial charge in [-0.1, -0.05) is 58.4 Å². The van der Waals surface area contributed by atoms with Crippen molar-refractivity contribution >= 4 is 75.4 Å². The molecule has 10 rings (SSSR count). The number of ketones is 1. The molecule has 0 aliphatic carbocycles. The lowest BCUT2D eigenvalue weighted by Gasteiger charge is -2.19. The number of methoxy groups -OCH3 is 2. The standard InChI is InChI=1S/C28H26N2O7S.C26H23BrN2O6S/c1-16-5-10-26(25(11-16)35-4)38(33,34)29-28(32)27(19-7-9-23-24(13-19)37-15-36-23)21-14-30(3)22-12-18(17(2)31)6-8-20(21)22;1-15-4-9-24(23(10-15)33-3)36(31,32)28-26(30)25(16-5-8-21-22(11-16)35-14-34-21)19-13-29(2)20-12-17(27)6-7-18(19)20/h5-14,27H,15H2,1-4H3,(H,29,32);4-13,25H,14H2,1-3H3,(H,28,30). The lowest BCUT2D eigenvalue weighted by atomic mass is 9.90. The zero-order valence-corrected chi connectivity index (χ0v) is 44.2. The maximum absolute atomic E-state index is 13.9. The first kappa shape index (κ1) is 51.1. The maximum atomic E-state index is 13.9. The molecule has 2 N–H and O–H groups in total. The number of carbonyl (C=O) groups is 3. The second kappa shape index (κ2) is 20.2. The largest absolute Gasteiger partial charge is 0.495 e. The number of nitrogens with zero attached hydrogens (tertiary/aromatic N) is 2. The monoisotopic (exact) mass is 1100 g/mol. The van der Waals surface area contributed by atoms with Crippen molar-refractivity contribution in [2.75, 3.05) is 27.8 Å². The highest BCUT2D eigenvalue weighted by Crippen LogP contribution is 2.42. The van der Waals surface area contributed by atoms with Crippen LogP contribution in [0.25, 0.3) is 21.8 Å². The number of aryl methyl sites for hydroxylation is 4. The van der Waals surface area contributed by atoms with Crippen molar-refractivity contribution < 1.29 is 59.6 Å². The van der Waals surface area contributed by atoms with Gasteiger partial charge in [0.25, 0.3) is 20.0 Å². The molecule has 2 aliphatic heterocycles. The number of hydrogen-bond donors (Lipinski definition) is 2. The molecule has 2 aliphatic rings. The summed E-state index contributed by atoms with van der Waals surface area (Å²) in [4.78, 5) is 39.4. The predicted octanol–water partition coefficient (Wildman–Crippen LogP) is 8.69. The zero-order valence-electron chi connectivity index (χ0n) is 41.0. The molecule has 0 fully saturated rings. The fourth-order valence-electron chi connectivity index (χ4n) is 9.10. The average Bonchev–Trinajstić information content (AvgIpc) is 4.17. The summed E-state index contributed by atoms with van der Waals surface area (Å²) in [6.45, 7) is 5.26. The van der Waals surface area contributed by atoms with E-state index in [2.05, 4.69) is 25.4 Å². The van der Waals surface area contributed by atoms with Crippen LogP contribution in [0.1, 0.15) is 62.5 Å². The number of Topliss-reactive ketones (excluding diaryl/α,β-unsaturated/α-hetero) is 1. The van der Waals surface area contributed by atoms with E-state index in [4.69, 9.17) is 28.4 Å². The molecular weight excluding hydrogens is 1060 g/mol. The average molecular weight is 1110 g/mol. The molecule has 6 aromatic carbocycles. The van der Waals surface area contributed by atoms with Crippen LogP contribution in [-0.4, -0.2) is 71.4 Å². The van der Waals surface area contributed by atoms with Crippen LogP contribution in [-0.2, 0) is 43.7 Å². The molecule has 0 bridgehead atoms. The molecule has 2 aromatic heterocycles. The van der Waals surface area contributed by atoms with Crippen molar-refractivity contribution in [3.05, 3.63) is 165 Å². The van der Waals surface area contributed by atoms with Crippen LogP contribution in [0.15, 0.2) is 136 Å². The highest BCUT2D eigenvalue weighted by atomic mass is 79.9. The number of benzene rings is 6. The molecule has 2 amide bonds. The third-order valence-electron chi connectivity index (χ3n) is 12.7. The number of ether oxygens (including phenoxy) is 6. The third kappa shape index (κ3) is 9.99. The topological polar surface area (TPSA) is 209 Å². The van der Waals surface area contributed by atoms with Crippen molar-refractivity contribution in [3.8, 4) is 34.5 Å². The van der Waals surface area contributed by atoms with Crippen LogP contribution >= 0.6 is 15.9 Å². The lowest BCUT2D eigenvalue weighted by molar-refractivity contribution is -0.120. The fourth-order valence-corrected chi connectivity index (χ4v) is 11.7. The van der Waals surface area contributed by atoms with Gasteiger partial charge in [-0.15, -0.1) is 0 Å². The van der Waals surface area contributed by atoms with Crippen molar-refractivity contribution in [3.63, 3.8) is 0 Å². The Hall–Kier alpha value is -7.81. The maximum Gasteiger partial charge on any atom is 0.267 e. The minimum Gasteiger partial charge on any atom is -0.495 e. The van der Waals surface area contributed by atoms with Gasteiger partial charge in [0, 0.05) is 58.3 Å². The molecule has 382 valence electrons. The van der Waals surface area contributed by atoms with E-state index in [-0.39, 0.29) is 40.7 Å². The summed E-state index contributed by atoms with van der Waals surface area (Å²) in [6, 6.07) is 30.5. The van der Waals surface area contributed by atoms with Gasteiger partial charge in [-0.05, 0) is 121 Å². The van der Waals surface area contributed by atoms with Crippen molar-refractivity contribution in [2.45, 2.75) is 42.4 Å². The van der Waals surface area contributed by atoms with Crippen LogP contribution in [0.2, 0.25) is 0 Å². The molecule has 4 heterocycles. The first-order chi connectivity index (χ1) is 35.3. The molecule has 0 saturated heterocycles. The van der Waals surface area contributed by atoms with Gasteiger partial charge in [-0.3, -0.25) is 14.4 Å². The normalized spacial score (nSPS) is 13.5. The molecule has 17 nitrogen and oxygen atoms in total. The molecule has 2 atom stereocenters. The lowest BCUT2D eigenvalue weighted by Crippen LogP contribution is -2.35. The highest BCUT2D eigenvalue weighted by Gasteiger charge is 2.34. The molecule has 0 spiro atoms. The number of carbonyl (C=O) groups excluding carboxylic acids is 3. The fraction of sp³-hybridized carbons (Fsp3) is 0.204. The second-order valence-electron chi connectivity index (χ2n) is 17.7. The Morgan fingerprint density at radius 3 is 1.45 bits per heavy atom. The van der Waals surface area contributed by atoms with Crippen molar-refractivity contribution in [1.82, 2.24) is 18.6 Å². The number of nitrogens with one attached hydrogen (secondary N) is 2. The second-order valence-corrected chi connectivity index (χ2v) is 21.9. The minimum atomic E-state index is -4.29. The quantitative estimate of drug-likeness (QED) is 0.104. The summed E-state index contributed by atoms with van der Waals surface area (Å²) in [6.07, 6.45) is 3.60. The van der Waals surface area contributed by atoms with Crippen LogP contribution in [0, 0.1) is 13.8 Å². The SMILES string of the molecule is COc1cc(C)ccc1S(=O)(=O)NC(=O)C(c1ccc2c(c1)OCO2)c1cn(C)c2cc(Br)ccc12.COc1cc(C)ccc1S(=O)(=O)NC(=O)C(c1ccc2c(c1)OCO2)c1cn(C)c2cc(C(C)=O)ccc12. The van der Waals surface area contributed by atoms with Crippen LogP contribution in [0.4, 0.5) is 0 Å². The summed E-state index contributed by atoms with van der Waals surface area (Å²) in [5.74, 6) is -1.17. The smallest absolute Gasteiger partial charge is 0.267 e. The number of aromatic nitrogens is 2. The molecule has 0 saturated carbocycles. The Bertz CT molecular complexity index is 3810. The van der Waals surface area contributed by atoms with Gasteiger partial charge in [-0.25, -0.2) is 26.3 Å². The van der Waals surface area contributed by atoms with Crippen LogP contribution in [0.5, 0.6) is 34.5 Å². The molecule has 20 heteroatoms. The first-order valence-corrected chi connectivity index (χ1v) is 26.6.